The highest BCUT2D eigenvalue weighted by Crippen LogP contribution is 2.55. The minimum atomic E-state index is -4.45. The zero-order valence-electron chi connectivity index (χ0n) is 15.6. The molecule has 1 aliphatic heterocycles. The Balaban J connectivity index is 1.87. The van der Waals surface area contributed by atoms with Gasteiger partial charge in [-0.3, -0.25) is 0 Å². The number of halogens is 5. The molecule has 2 aromatic rings. The summed E-state index contributed by atoms with van der Waals surface area (Å²) in [6, 6.07) is 5.89. The molecule has 3 nitrogen and oxygen atoms in total. The number of hydrogen-bond donors (Lipinski definition) is 1. The Labute approximate surface area is 180 Å². The highest BCUT2D eigenvalue weighted by molar-refractivity contribution is 9.10. The van der Waals surface area contributed by atoms with Crippen LogP contribution in [0.4, 0.5) is 18.9 Å². The molecule has 2 aliphatic rings. The lowest BCUT2D eigenvalue weighted by Crippen LogP contribution is -2.31. The van der Waals surface area contributed by atoms with Gasteiger partial charge < -0.3 is 14.8 Å². The first-order valence-corrected chi connectivity index (χ1v) is 10.2. The van der Waals surface area contributed by atoms with E-state index in [0.717, 1.165) is 11.6 Å². The van der Waals surface area contributed by atoms with Gasteiger partial charge in [-0.1, -0.05) is 23.8 Å². The first-order chi connectivity index (χ1) is 13.8. The summed E-state index contributed by atoms with van der Waals surface area (Å²) in [5, 5.41) is 3.57. The summed E-state index contributed by atoms with van der Waals surface area (Å²) in [5.41, 5.74) is 0.801. The van der Waals surface area contributed by atoms with Gasteiger partial charge in [-0.25, -0.2) is 0 Å². The zero-order chi connectivity index (χ0) is 20.9. The molecule has 0 radical (unpaired) electrons. The van der Waals surface area contributed by atoms with Crippen molar-refractivity contribution in [3.05, 3.63) is 62.6 Å². The lowest BCUT2D eigenvalue weighted by molar-refractivity contribution is -0.138. The number of allylic oxidation sites excluding steroid dienone is 2. The van der Waals surface area contributed by atoms with Crippen LogP contribution in [0, 0.1) is 5.92 Å². The third-order valence-corrected chi connectivity index (χ3v) is 6.49. The van der Waals surface area contributed by atoms with Gasteiger partial charge in [0.05, 0.1) is 41.0 Å². The SMILES string of the molecule is COc1cc([C@@H]2Nc3c(Cl)ccc(C(F)(F)F)c3[C@@H]3C=CC[C@@H]32)cc(Br)c1OC. The maximum absolute atomic E-state index is 13.7. The Morgan fingerprint density at radius 2 is 1.93 bits per heavy atom. The second-order valence-electron chi connectivity index (χ2n) is 7.10. The smallest absolute Gasteiger partial charge is 0.416 e. The van der Waals surface area contributed by atoms with E-state index < -0.39 is 11.7 Å². The normalized spacial score (nSPS) is 22.7. The summed E-state index contributed by atoms with van der Waals surface area (Å²) in [5.74, 6) is 0.651. The van der Waals surface area contributed by atoms with Crippen molar-refractivity contribution in [1.29, 1.82) is 0 Å². The highest BCUT2D eigenvalue weighted by Gasteiger charge is 2.45. The first-order valence-electron chi connectivity index (χ1n) is 9.00. The third kappa shape index (κ3) is 3.38. The summed E-state index contributed by atoms with van der Waals surface area (Å²) < 4.78 is 52.6. The number of benzene rings is 2. The molecule has 0 saturated heterocycles. The molecule has 0 unspecified atom stereocenters. The number of nitrogens with one attached hydrogen (secondary N) is 1. The van der Waals surface area contributed by atoms with Crippen molar-refractivity contribution < 1.29 is 22.6 Å². The van der Waals surface area contributed by atoms with Gasteiger partial charge in [-0.15, -0.1) is 0 Å². The van der Waals surface area contributed by atoms with Crippen molar-refractivity contribution in [1.82, 2.24) is 0 Å². The highest BCUT2D eigenvalue weighted by atomic mass is 79.9. The average molecular weight is 489 g/mol. The van der Waals surface area contributed by atoms with Gasteiger partial charge in [-0.05, 0) is 63.7 Å². The van der Waals surface area contributed by atoms with Crippen LogP contribution in [-0.2, 0) is 6.18 Å². The summed E-state index contributed by atoms with van der Waals surface area (Å²) >= 11 is 9.84. The topological polar surface area (TPSA) is 30.5 Å². The number of hydrogen-bond acceptors (Lipinski definition) is 3. The molecule has 0 amide bonds. The predicted molar refractivity (Wildman–Crippen MR) is 110 cm³/mol. The number of ether oxygens (including phenoxy) is 2. The number of fused-ring (bicyclic) bond motifs is 3. The van der Waals surface area contributed by atoms with Gasteiger partial charge in [0.2, 0.25) is 0 Å². The summed E-state index contributed by atoms with van der Waals surface area (Å²) in [6.45, 7) is 0. The monoisotopic (exact) mass is 487 g/mol. The standard InChI is InChI=1S/C21H18BrClF3NO2/c1-28-16-9-10(8-14(22)20(16)29-2)18-12-5-3-4-11(12)17-13(21(24,25)26)6-7-15(23)19(17)27-18/h3-4,6-9,11-12,18,27H,5H2,1-2H3/t11-,12+,18+/m1/s1. The predicted octanol–water partition coefficient (Wildman–Crippen LogP) is 6.97. The van der Waals surface area contributed by atoms with Gasteiger partial charge >= 0.3 is 6.18 Å². The Morgan fingerprint density at radius 1 is 1.17 bits per heavy atom. The summed E-state index contributed by atoms with van der Waals surface area (Å²) in [4.78, 5) is 0. The van der Waals surface area contributed by atoms with Crippen molar-refractivity contribution in [2.24, 2.45) is 5.92 Å². The van der Waals surface area contributed by atoms with Crippen LogP contribution >= 0.6 is 27.5 Å². The molecule has 8 heteroatoms. The van der Waals surface area contributed by atoms with Gasteiger partial charge in [0, 0.05) is 5.92 Å². The zero-order valence-corrected chi connectivity index (χ0v) is 18.0. The number of methoxy groups -OCH3 is 2. The molecule has 0 fully saturated rings. The molecular weight excluding hydrogens is 471 g/mol. The van der Waals surface area contributed by atoms with Gasteiger partial charge in [0.15, 0.2) is 11.5 Å². The third-order valence-electron chi connectivity index (χ3n) is 5.59. The molecule has 29 heavy (non-hydrogen) atoms. The maximum Gasteiger partial charge on any atom is 0.416 e. The van der Waals surface area contributed by atoms with E-state index in [1.165, 1.54) is 6.07 Å². The molecule has 0 saturated carbocycles. The van der Waals surface area contributed by atoms with Gasteiger partial charge in [0.1, 0.15) is 0 Å². The van der Waals surface area contributed by atoms with Gasteiger partial charge in [-0.2, -0.15) is 13.2 Å². The Hall–Kier alpha value is -1.86. The Bertz CT molecular complexity index is 993. The minimum Gasteiger partial charge on any atom is -0.493 e. The van der Waals surface area contributed by atoms with E-state index >= 15 is 0 Å². The van der Waals surface area contributed by atoms with Crippen LogP contribution in [0.15, 0.2) is 40.9 Å². The molecule has 1 heterocycles. The molecular formula is C21H18BrClF3NO2. The molecule has 154 valence electrons. The molecule has 4 rings (SSSR count). The lowest BCUT2D eigenvalue weighted by Gasteiger charge is -2.39. The molecule has 0 bridgehead atoms. The van der Waals surface area contributed by atoms with E-state index in [-0.39, 0.29) is 28.5 Å². The fourth-order valence-corrected chi connectivity index (χ4v) is 5.21. The molecule has 0 spiro atoms. The Morgan fingerprint density at radius 3 is 2.59 bits per heavy atom. The van der Waals surface area contributed by atoms with E-state index in [2.05, 4.69) is 21.2 Å². The lowest BCUT2D eigenvalue weighted by atomic mass is 9.75. The van der Waals surface area contributed by atoms with Crippen LogP contribution in [0.5, 0.6) is 11.5 Å². The fourth-order valence-electron chi connectivity index (χ4n) is 4.37. The maximum atomic E-state index is 13.7. The van der Waals surface area contributed by atoms with Crippen molar-refractivity contribution in [3.8, 4) is 11.5 Å². The van der Waals surface area contributed by atoms with E-state index in [0.29, 0.717) is 28.1 Å². The molecule has 0 aromatic heterocycles. The quantitative estimate of drug-likeness (QED) is 0.474. The van der Waals surface area contributed by atoms with Crippen molar-refractivity contribution >= 4 is 33.2 Å². The van der Waals surface area contributed by atoms with Crippen LogP contribution in [0.25, 0.3) is 0 Å². The van der Waals surface area contributed by atoms with Crippen LogP contribution < -0.4 is 14.8 Å². The fraction of sp³-hybridized carbons (Fsp3) is 0.333. The second kappa shape index (κ2) is 7.43. The molecule has 1 aliphatic carbocycles. The van der Waals surface area contributed by atoms with E-state index in [9.17, 15) is 13.2 Å². The van der Waals surface area contributed by atoms with Crippen LogP contribution in [0.1, 0.15) is 35.1 Å². The molecule has 3 atom stereocenters. The number of rotatable bonds is 3. The van der Waals surface area contributed by atoms with E-state index in [1.807, 2.05) is 24.3 Å². The largest absolute Gasteiger partial charge is 0.493 e. The average Bonchev–Trinajstić information content (AvgIpc) is 3.16. The second-order valence-corrected chi connectivity index (χ2v) is 8.36. The minimum absolute atomic E-state index is 0.0768. The van der Waals surface area contributed by atoms with Crippen molar-refractivity contribution in [2.45, 2.75) is 24.6 Å². The number of alkyl halides is 3. The van der Waals surface area contributed by atoms with E-state index in [1.54, 1.807) is 14.2 Å². The van der Waals surface area contributed by atoms with Gasteiger partial charge in [0.25, 0.3) is 0 Å². The van der Waals surface area contributed by atoms with E-state index in [4.69, 9.17) is 21.1 Å². The molecule has 1 N–H and O–H groups in total. The summed E-state index contributed by atoms with van der Waals surface area (Å²) in [6.07, 6.45) is 0.0166. The van der Waals surface area contributed by atoms with Crippen LogP contribution in [-0.4, -0.2) is 14.2 Å². The molecule has 2 aromatic carbocycles. The summed E-state index contributed by atoms with van der Waals surface area (Å²) in [7, 11) is 3.09. The van der Waals surface area contributed by atoms with Crippen molar-refractivity contribution in [2.75, 3.05) is 19.5 Å². The van der Waals surface area contributed by atoms with Crippen LogP contribution in [0.3, 0.4) is 0 Å². The van der Waals surface area contributed by atoms with Crippen molar-refractivity contribution in [3.63, 3.8) is 0 Å². The number of anilines is 1. The first kappa shape index (κ1) is 20.4. The van der Waals surface area contributed by atoms with Crippen LogP contribution in [0.2, 0.25) is 5.02 Å². The Kier molecular flexibility index (Phi) is 5.23.